The van der Waals surface area contributed by atoms with Gasteiger partial charge in [0.15, 0.2) is 0 Å². The quantitative estimate of drug-likeness (QED) is 0.860. The van der Waals surface area contributed by atoms with Crippen molar-refractivity contribution in [2.75, 3.05) is 0 Å². The standard InChI is InChI=1S/C12H19N5/c1-9(12-16-14-8-17(12)2)15-11-6-4-3-5-10(11)7-13/h8-11,15H,3-6H2,1-2H3. The summed E-state index contributed by atoms with van der Waals surface area (Å²) in [5, 5.41) is 20.6. The van der Waals surface area contributed by atoms with Gasteiger partial charge in [-0.15, -0.1) is 10.2 Å². The molecule has 5 heteroatoms. The second-order valence-corrected chi connectivity index (χ2v) is 4.81. The van der Waals surface area contributed by atoms with Gasteiger partial charge >= 0.3 is 0 Å². The Labute approximate surface area is 102 Å². The van der Waals surface area contributed by atoms with Gasteiger partial charge in [0.25, 0.3) is 0 Å². The second-order valence-electron chi connectivity index (χ2n) is 4.81. The lowest BCUT2D eigenvalue weighted by Gasteiger charge is -2.30. The second kappa shape index (κ2) is 5.28. The van der Waals surface area contributed by atoms with Crippen molar-refractivity contribution in [3.63, 3.8) is 0 Å². The zero-order valence-electron chi connectivity index (χ0n) is 10.4. The molecule has 1 fully saturated rings. The van der Waals surface area contributed by atoms with E-state index in [0.717, 1.165) is 18.7 Å². The Morgan fingerprint density at radius 2 is 2.29 bits per heavy atom. The molecule has 1 aromatic heterocycles. The molecule has 0 aromatic carbocycles. The first kappa shape index (κ1) is 12.1. The van der Waals surface area contributed by atoms with E-state index < -0.39 is 0 Å². The Hall–Kier alpha value is -1.41. The third kappa shape index (κ3) is 2.64. The van der Waals surface area contributed by atoms with E-state index in [0.29, 0.717) is 6.04 Å². The summed E-state index contributed by atoms with van der Waals surface area (Å²) >= 11 is 0. The highest BCUT2D eigenvalue weighted by Crippen LogP contribution is 2.25. The largest absolute Gasteiger partial charge is 0.319 e. The first-order chi connectivity index (χ1) is 8.22. The van der Waals surface area contributed by atoms with Crippen LogP contribution in [-0.2, 0) is 7.05 Å². The van der Waals surface area contributed by atoms with Crippen molar-refractivity contribution in [3.8, 4) is 6.07 Å². The summed E-state index contributed by atoms with van der Waals surface area (Å²) < 4.78 is 1.92. The monoisotopic (exact) mass is 233 g/mol. The highest BCUT2D eigenvalue weighted by Gasteiger charge is 2.27. The summed E-state index contributed by atoms with van der Waals surface area (Å²) in [6, 6.07) is 2.85. The average Bonchev–Trinajstić information content (AvgIpc) is 2.76. The molecule has 1 aliphatic rings. The summed E-state index contributed by atoms with van der Waals surface area (Å²) in [4.78, 5) is 0. The van der Waals surface area contributed by atoms with Gasteiger partial charge in [-0.2, -0.15) is 5.26 Å². The van der Waals surface area contributed by atoms with Crippen molar-refractivity contribution in [3.05, 3.63) is 12.2 Å². The van der Waals surface area contributed by atoms with E-state index in [1.54, 1.807) is 6.33 Å². The lowest BCUT2D eigenvalue weighted by atomic mass is 9.85. The Balaban J connectivity index is 2.00. The topological polar surface area (TPSA) is 66.5 Å². The molecule has 0 spiro atoms. The Bertz CT molecular complexity index is 405. The fourth-order valence-corrected chi connectivity index (χ4v) is 2.56. The van der Waals surface area contributed by atoms with Crippen LogP contribution >= 0.6 is 0 Å². The van der Waals surface area contributed by atoms with Gasteiger partial charge in [-0.25, -0.2) is 0 Å². The van der Waals surface area contributed by atoms with Gasteiger partial charge in [0.2, 0.25) is 0 Å². The van der Waals surface area contributed by atoms with Crippen LogP contribution in [-0.4, -0.2) is 20.8 Å². The molecule has 3 atom stereocenters. The Kier molecular flexibility index (Phi) is 3.75. The van der Waals surface area contributed by atoms with Gasteiger partial charge < -0.3 is 9.88 Å². The normalized spacial score (nSPS) is 26.4. The lowest BCUT2D eigenvalue weighted by Crippen LogP contribution is -2.40. The molecule has 0 amide bonds. The van der Waals surface area contributed by atoms with Crippen molar-refractivity contribution in [2.24, 2.45) is 13.0 Å². The van der Waals surface area contributed by atoms with E-state index in [2.05, 4.69) is 28.5 Å². The van der Waals surface area contributed by atoms with E-state index in [-0.39, 0.29) is 12.0 Å². The average molecular weight is 233 g/mol. The molecule has 0 aliphatic heterocycles. The van der Waals surface area contributed by atoms with Crippen LogP contribution in [0.3, 0.4) is 0 Å². The van der Waals surface area contributed by atoms with Crippen LogP contribution in [0.15, 0.2) is 6.33 Å². The highest BCUT2D eigenvalue weighted by atomic mass is 15.3. The maximum absolute atomic E-state index is 9.14. The van der Waals surface area contributed by atoms with Crippen LogP contribution in [0.5, 0.6) is 0 Å². The van der Waals surface area contributed by atoms with Crippen LogP contribution in [0.4, 0.5) is 0 Å². The fourth-order valence-electron chi connectivity index (χ4n) is 2.56. The Morgan fingerprint density at radius 3 is 2.94 bits per heavy atom. The van der Waals surface area contributed by atoms with Gasteiger partial charge in [-0.05, 0) is 19.8 Å². The van der Waals surface area contributed by atoms with Crippen molar-refractivity contribution in [2.45, 2.75) is 44.7 Å². The molecule has 1 aliphatic carbocycles. The van der Waals surface area contributed by atoms with Gasteiger partial charge in [0.05, 0.1) is 18.0 Å². The number of nitriles is 1. The predicted octanol–water partition coefficient (Wildman–Crippen LogP) is 1.55. The van der Waals surface area contributed by atoms with E-state index in [1.165, 1.54) is 12.8 Å². The summed E-state index contributed by atoms with van der Waals surface area (Å²) in [6.45, 7) is 2.08. The highest BCUT2D eigenvalue weighted by molar-refractivity contribution is 4.99. The Morgan fingerprint density at radius 1 is 1.53 bits per heavy atom. The molecule has 2 rings (SSSR count). The number of nitrogens with one attached hydrogen (secondary N) is 1. The van der Waals surface area contributed by atoms with Crippen LogP contribution in [0, 0.1) is 17.2 Å². The van der Waals surface area contributed by atoms with Crippen molar-refractivity contribution in [1.29, 1.82) is 5.26 Å². The molecule has 0 radical (unpaired) electrons. The van der Waals surface area contributed by atoms with Crippen LogP contribution < -0.4 is 5.32 Å². The van der Waals surface area contributed by atoms with E-state index in [4.69, 9.17) is 5.26 Å². The smallest absolute Gasteiger partial charge is 0.149 e. The number of rotatable bonds is 3. The molecule has 1 heterocycles. The van der Waals surface area contributed by atoms with E-state index in [9.17, 15) is 0 Å². The molecule has 0 saturated heterocycles. The molecule has 17 heavy (non-hydrogen) atoms. The molecular formula is C12H19N5. The first-order valence-electron chi connectivity index (χ1n) is 6.22. The maximum atomic E-state index is 9.14. The van der Waals surface area contributed by atoms with Gasteiger partial charge in [-0.3, -0.25) is 0 Å². The maximum Gasteiger partial charge on any atom is 0.149 e. The molecule has 1 saturated carbocycles. The molecule has 92 valence electrons. The van der Waals surface area contributed by atoms with Crippen LogP contribution in [0.25, 0.3) is 0 Å². The predicted molar refractivity (Wildman–Crippen MR) is 63.9 cm³/mol. The third-order valence-corrected chi connectivity index (χ3v) is 3.53. The molecule has 1 N–H and O–H groups in total. The molecule has 0 bridgehead atoms. The molecule has 3 unspecified atom stereocenters. The van der Waals surface area contributed by atoms with Crippen LogP contribution in [0.2, 0.25) is 0 Å². The first-order valence-corrected chi connectivity index (χ1v) is 6.22. The zero-order valence-corrected chi connectivity index (χ0v) is 10.4. The summed E-state index contributed by atoms with van der Waals surface area (Å²) in [5.41, 5.74) is 0. The van der Waals surface area contributed by atoms with Gasteiger partial charge in [-0.1, -0.05) is 12.8 Å². The van der Waals surface area contributed by atoms with E-state index >= 15 is 0 Å². The van der Waals surface area contributed by atoms with Crippen LogP contribution in [0.1, 0.15) is 44.5 Å². The minimum Gasteiger partial charge on any atom is -0.319 e. The number of hydrogen-bond donors (Lipinski definition) is 1. The molecule has 1 aromatic rings. The number of aromatic nitrogens is 3. The minimum absolute atomic E-state index is 0.138. The van der Waals surface area contributed by atoms with Crippen molar-refractivity contribution < 1.29 is 0 Å². The van der Waals surface area contributed by atoms with Crippen molar-refractivity contribution >= 4 is 0 Å². The summed E-state index contributed by atoms with van der Waals surface area (Å²) in [7, 11) is 1.94. The number of aryl methyl sites for hydroxylation is 1. The summed E-state index contributed by atoms with van der Waals surface area (Å²) in [5.74, 6) is 1.06. The number of hydrogen-bond acceptors (Lipinski definition) is 4. The SMILES string of the molecule is CC(NC1CCCCC1C#N)c1nncn1C. The molecule has 5 nitrogen and oxygen atoms in total. The summed E-state index contributed by atoms with van der Waals surface area (Å²) in [6.07, 6.45) is 6.19. The fraction of sp³-hybridized carbons (Fsp3) is 0.750. The molecular weight excluding hydrogens is 214 g/mol. The van der Waals surface area contributed by atoms with Gasteiger partial charge in [0, 0.05) is 13.1 Å². The zero-order chi connectivity index (χ0) is 12.3. The number of nitrogens with zero attached hydrogens (tertiary/aromatic N) is 4. The minimum atomic E-state index is 0.138. The van der Waals surface area contributed by atoms with E-state index in [1.807, 2.05) is 11.6 Å². The lowest BCUT2D eigenvalue weighted by molar-refractivity contribution is 0.287. The van der Waals surface area contributed by atoms with Gasteiger partial charge in [0.1, 0.15) is 12.2 Å². The van der Waals surface area contributed by atoms with Crippen molar-refractivity contribution in [1.82, 2.24) is 20.1 Å². The third-order valence-electron chi connectivity index (χ3n) is 3.53.